The normalized spacial score (nSPS) is 14.6. The van der Waals surface area contributed by atoms with Gasteiger partial charge in [0.2, 0.25) is 0 Å². The third-order valence-electron chi connectivity index (χ3n) is 3.67. The maximum atomic E-state index is 12.6. The van der Waals surface area contributed by atoms with Crippen LogP contribution in [-0.2, 0) is 4.74 Å². The lowest BCUT2D eigenvalue weighted by Gasteiger charge is -2.25. The average Bonchev–Trinajstić information content (AvgIpc) is 3.21. The second kappa shape index (κ2) is 12.1. The van der Waals surface area contributed by atoms with Crippen LogP contribution in [-0.4, -0.2) is 72.4 Å². The molecule has 4 N–H and O–H groups in total. The zero-order valence-electron chi connectivity index (χ0n) is 16.4. The van der Waals surface area contributed by atoms with Crippen LogP contribution in [0, 0.1) is 0 Å². The van der Waals surface area contributed by atoms with Crippen molar-refractivity contribution in [2.24, 2.45) is 10.2 Å². The molecule has 0 unspecified atom stereocenters. The molecule has 29 heavy (non-hydrogen) atoms. The summed E-state index contributed by atoms with van der Waals surface area (Å²) in [5.41, 5.74) is 5.73. The Kier molecular flexibility index (Phi) is 9.47. The van der Waals surface area contributed by atoms with Crippen LogP contribution in [0.15, 0.2) is 26.8 Å². The molecular weight excluding hydrogens is 414 g/mol. The first kappa shape index (κ1) is 22.7. The van der Waals surface area contributed by atoms with Gasteiger partial charge >= 0.3 is 0 Å². The first-order chi connectivity index (χ1) is 14.0. The molecule has 1 saturated heterocycles. The van der Waals surface area contributed by atoms with E-state index >= 15 is 0 Å². The highest BCUT2D eigenvalue weighted by Gasteiger charge is 2.22. The lowest BCUT2D eigenvalue weighted by atomic mass is 10.3. The molecule has 12 heteroatoms. The molecular formula is C17H25N7O3S2. The van der Waals surface area contributed by atoms with Gasteiger partial charge < -0.3 is 24.7 Å². The number of carbonyl (C=O) groups excluding carboxylic acids is 1. The molecule has 0 spiro atoms. The van der Waals surface area contributed by atoms with Gasteiger partial charge in [-0.2, -0.15) is 10.2 Å². The Balaban J connectivity index is 2.14. The van der Waals surface area contributed by atoms with Crippen molar-refractivity contribution < 1.29 is 13.9 Å². The van der Waals surface area contributed by atoms with Crippen LogP contribution < -0.4 is 21.5 Å². The summed E-state index contributed by atoms with van der Waals surface area (Å²) in [5.74, 6) is 0.375. The summed E-state index contributed by atoms with van der Waals surface area (Å²) >= 11 is 10.2. The molecule has 0 aromatic carbocycles. The smallest absolute Gasteiger partial charge is 0.289 e. The topological polar surface area (TPSA) is 116 Å². The van der Waals surface area contributed by atoms with Gasteiger partial charge in [-0.3, -0.25) is 15.6 Å². The van der Waals surface area contributed by atoms with Crippen LogP contribution in [0.3, 0.4) is 0 Å². The largest absolute Gasteiger partial charge is 0.449 e. The zero-order chi connectivity index (χ0) is 21.1. The van der Waals surface area contributed by atoms with Gasteiger partial charge in [0.05, 0.1) is 19.4 Å². The number of rotatable bonds is 7. The predicted molar refractivity (Wildman–Crippen MR) is 119 cm³/mol. The zero-order valence-corrected chi connectivity index (χ0v) is 18.0. The quantitative estimate of drug-likeness (QED) is 0.272. The number of hydrogen-bond acceptors (Lipinski definition) is 7. The molecule has 0 radical (unpaired) electrons. The SMILES string of the molecule is CCNC(=S)N/N=C(/C=N/NC(=S)NCC)c1ccc(C(=O)N2CCOCC2)o1. The van der Waals surface area contributed by atoms with Crippen molar-refractivity contribution >= 4 is 52.5 Å². The van der Waals surface area contributed by atoms with Crippen molar-refractivity contribution in [3.63, 3.8) is 0 Å². The van der Waals surface area contributed by atoms with E-state index in [0.717, 1.165) is 0 Å². The molecule has 158 valence electrons. The van der Waals surface area contributed by atoms with Crippen LogP contribution in [0.4, 0.5) is 0 Å². The molecule has 0 saturated carbocycles. The van der Waals surface area contributed by atoms with Crippen LogP contribution in [0.1, 0.15) is 30.2 Å². The van der Waals surface area contributed by atoms with Crippen molar-refractivity contribution in [2.75, 3.05) is 39.4 Å². The molecule has 2 rings (SSSR count). The minimum Gasteiger partial charge on any atom is -0.449 e. The van der Waals surface area contributed by atoms with Gasteiger partial charge in [-0.25, -0.2) is 0 Å². The summed E-state index contributed by atoms with van der Waals surface area (Å²) in [6.07, 6.45) is 1.42. The number of nitrogens with zero attached hydrogens (tertiary/aromatic N) is 3. The maximum Gasteiger partial charge on any atom is 0.289 e. The van der Waals surface area contributed by atoms with E-state index in [1.54, 1.807) is 17.0 Å². The number of thiocarbonyl (C=S) groups is 2. The fourth-order valence-electron chi connectivity index (χ4n) is 2.32. The lowest BCUT2D eigenvalue weighted by Crippen LogP contribution is -2.40. The van der Waals surface area contributed by atoms with E-state index < -0.39 is 0 Å². The number of hydrazone groups is 2. The van der Waals surface area contributed by atoms with Gasteiger partial charge in [0.15, 0.2) is 21.7 Å². The lowest BCUT2D eigenvalue weighted by molar-refractivity contribution is 0.0282. The molecule has 1 aromatic rings. The molecule has 10 nitrogen and oxygen atoms in total. The number of nitrogens with one attached hydrogen (secondary N) is 4. The minimum absolute atomic E-state index is 0.196. The Morgan fingerprint density at radius 3 is 2.38 bits per heavy atom. The number of morpholine rings is 1. The fraction of sp³-hybridized carbons (Fsp3) is 0.471. The van der Waals surface area contributed by atoms with Crippen molar-refractivity contribution in [3.05, 3.63) is 23.7 Å². The fourth-order valence-corrected chi connectivity index (χ4v) is 2.71. The van der Waals surface area contributed by atoms with Gasteiger partial charge in [0, 0.05) is 26.2 Å². The summed E-state index contributed by atoms with van der Waals surface area (Å²) in [6, 6.07) is 3.26. The van der Waals surface area contributed by atoms with Gasteiger partial charge in [-0.1, -0.05) is 0 Å². The van der Waals surface area contributed by atoms with Crippen molar-refractivity contribution in [2.45, 2.75) is 13.8 Å². The van der Waals surface area contributed by atoms with E-state index in [-0.39, 0.29) is 11.7 Å². The van der Waals surface area contributed by atoms with Gasteiger partial charge in [0.25, 0.3) is 5.91 Å². The molecule has 1 aromatic heterocycles. The van der Waals surface area contributed by atoms with Crippen molar-refractivity contribution in [3.8, 4) is 0 Å². The second-order valence-electron chi connectivity index (χ2n) is 5.77. The van der Waals surface area contributed by atoms with E-state index in [2.05, 4.69) is 31.7 Å². The monoisotopic (exact) mass is 439 g/mol. The third-order valence-corrected chi connectivity index (χ3v) is 4.14. The molecule has 0 bridgehead atoms. The molecule has 1 aliphatic heterocycles. The number of hydrogen-bond donors (Lipinski definition) is 4. The van der Waals surface area contributed by atoms with Crippen molar-refractivity contribution in [1.82, 2.24) is 26.4 Å². The summed E-state index contributed by atoms with van der Waals surface area (Å²) in [5, 5.41) is 14.8. The van der Waals surface area contributed by atoms with E-state index in [1.807, 2.05) is 13.8 Å². The van der Waals surface area contributed by atoms with E-state index in [4.69, 9.17) is 33.6 Å². The summed E-state index contributed by atoms with van der Waals surface area (Å²) in [7, 11) is 0. The highest BCUT2D eigenvalue weighted by molar-refractivity contribution is 7.80. The molecule has 1 amide bonds. The molecule has 1 fully saturated rings. The first-order valence-electron chi connectivity index (χ1n) is 9.20. The highest BCUT2D eigenvalue weighted by atomic mass is 32.1. The Morgan fingerprint density at radius 2 is 1.72 bits per heavy atom. The molecule has 0 aliphatic carbocycles. The van der Waals surface area contributed by atoms with Gasteiger partial charge in [-0.15, -0.1) is 0 Å². The van der Waals surface area contributed by atoms with E-state index in [0.29, 0.717) is 61.1 Å². The number of carbonyl (C=O) groups is 1. The average molecular weight is 440 g/mol. The Bertz CT molecular complexity index is 773. The highest BCUT2D eigenvalue weighted by Crippen LogP contribution is 2.12. The Labute approximate surface area is 180 Å². The van der Waals surface area contributed by atoms with Gasteiger partial charge in [-0.05, 0) is 50.4 Å². The Hall–Kier alpha value is -2.57. The number of amides is 1. The summed E-state index contributed by atoms with van der Waals surface area (Å²) < 4.78 is 11.0. The summed E-state index contributed by atoms with van der Waals surface area (Å²) in [4.78, 5) is 14.3. The molecule has 0 atom stereocenters. The number of furan rings is 1. The molecule has 2 heterocycles. The van der Waals surface area contributed by atoms with E-state index in [1.165, 1.54) is 6.21 Å². The van der Waals surface area contributed by atoms with Crippen LogP contribution >= 0.6 is 24.4 Å². The predicted octanol–water partition coefficient (Wildman–Crippen LogP) is 0.410. The standard InChI is InChI=1S/C17H25N7O3S2/c1-3-18-16(28)22-20-11-12(21-23-17(29)19-4-2)13-5-6-14(27-13)15(25)24-7-9-26-10-8-24/h5-6,11H,3-4,7-10H2,1-2H3,(H2,18,22,28)(H2,19,23,29)/b20-11+,21-12-. The van der Waals surface area contributed by atoms with Crippen molar-refractivity contribution in [1.29, 1.82) is 0 Å². The summed E-state index contributed by atoms with van der Waals surface area (Å²) in [6.45, 7) is 7.26. The van der Waals surface area contributed by atoms with Gasteiger partial charge in [0.1, 0.15) is 5.71 Å². The molecule has 1 aliphatic rings. The number of ether oxygens (including phenoxy) is 1. The maximum absolute atomic E-state index is 12.6. The Morgan fingerprint density at radius 1 is 1.10 bits per heavy atom. The van der Waals surface area contributed by atoms with E-state index in [9.17, 15) is 4.79 Å². The third kappa shape index (κ3) is 7.40. The minimum atomic E-state index is -0.196. The van der Waals surface area contributed by atoms with Crippen LogP contribution in [0.2, 0.25) is 0 Å². The van der Waals surface area contributed by atoms with Crippen LogP contribution in [0.25, 0.3) is 0 Å². The first-order valence-corrected chi connectivity index (χ1v) is 10.0. The second-order valence-corrected chi connectivity index (χ2v) is 6.58. The van der Waals surface area contributed by atoms with Crippen LogP contribution in [0.5, 0.6) is 0 Å².